The summed E-state index contributed by atoms with van der Waals surface area (Å²) < 4.78 is 0. The van der Waals surface area contributed by atoms with E-state index in [0.717, 1.165) is 26.2 Å². The maximum absolute atomic E-state index is 11.9. The van der Waals surface area contributed by atoms with Crippen LogP contribution in [0.15, 0.2) is 0 Å². The standard InChI is InChI=1S/C15H30N2O/c1-13(2)14(18)17-11-9-16(10-12-17)8-6-7-15(3,4)5/h13H,6-12H2,1-5H3. The Balaban J connectivity index is 2.21. The van der Waals surface area contributed by atoms with Crippen LogP contribution in [0.2, 0.25) is 0 Å². The first-order valence-electron chi connectivity index (χ1n) is 7.31. The van der Waals surface area contributed by atoms with Gasteiger partial charge in [-0.1, -0.05) is 34.6 Å². The van der Waals surface area contributed by atoms with E-state index < -0.39 is 0 Å². The average Bonchev–Trinajstić information content (AvgIpc) is 2.27. The maximum Gasteiger partial charge on any atom is 0.225 e. The van der Waals surface area contributed by atoms with Gasteiger partial charge in [-0.3, -0.25) is 9.69 Å². The largest absolute Gasteiger partial charge is 0.340 e. The summed E-state index contributed by atoms with van der Waals surface area (Å²) in [6.45, 7) is 16.0. The van der Waals surface area contributed by atoms with Crippen LogP contribution in [-0.2, 0) is 4.79 Å². The third-order valence-electron chi connectivity index (χ3n) is 3.58. The third kappa shape index (κ3) is 5.38. The Morgan fingerprint density at radius 3 is 2.11 bits per heavy atom. The number of nitrogens with zero attached hydrogens (tertiary/aromatic N) is 2. The topological polar surface area (TPSA) is 23.6 Å². The predicted octanol–water partition coefficient (Wildman–Crippen LogP) is 2.61. The monoisotopic (exact) mass is 254 g/mol. The highest BCUT2D eigenvalue weighted by molar-refractivity contribution is 5.78. The van der Waals surface area contributed by atoms with E-state index in [1.54, 1.807) is 0 Å². The Morgan fingerprint density at radius 2 is 1.67 bits per heavy atom. The smallest absolute Gasteiger partial charge is 0.225 e. The Labute approximate surface area is 113 Å². The number of carbonyl (C=O) groups is 1. The Bertz CT molecular complexity index is 260. The second-order valence-corrected chi connectivity index (χ2v) is 6.99. The van der Waals surface area contributed by atoms with E-state index in [4.69, 9.17) is 0 Å². The fourth-order valence-electron chi connectivity index (χ4n) is 2.39. The second-order valence-electron chi connectivity index (χ2n) is 6.99. The number of rotatable bonds is 4. The molecule has 18 heavy (non-hydrogen) atoms. The molecule has 0 aromatic rings. The highest BCUT2D eigenvalue weighted by Gasteiger charge is 2.22. The molecule has 0 atom stereocenters. The van der Waals surface area contributed by atoms with Gasteiger partial charge in [0.25, 0.3) is 0 Å². The molecule has 1 saturated heterocycles. The van der Waals surface area contributed by atoms with Gasteiger partial charge in [-0.15, -0.1) is 0 Å². The van der Waals surface area contributed by atoms with Gasteiger partial charge in [0.1, 0.15) is 0 Å². The van der Waals surface area contributed by atoms with Crippen LogP contribution in [0.4, 0.5) is 0 Å². The van der Waals surface area contributed by atoms with Crippen molar-refractivity contribution in [2.24, 2.45) is 11.3 Å². The first kappa shape index (κ1) is 15.5. The molecule has 1 amide bonds. The van der Waals surface area contributed by atoms with Gasteiger partial charge in [0.15, 0.2) is 0 Å². The molecule has 106 valence electrons. The number of piperazine rings is 1. The van der Waals surface area contributed by atoms with E-state index in [9.17, 15) is 4.79 Å². The lowest BCUT2D eigenvalue weighted by Gasteiger charge is -2.36. The molecule has 0 aliphatic carbocycles. The Hall–Kier alpha value is -0.570. The van der Waals surface area contributed by atoms with Gasteiger partial charge in [-0.2, -0.15) is 0 Å². The zero-order valence-electron chi connectivity index (χ0n) is 12.8. The molecule has 1 heterocycles. The molecule has 1 rings (SSSR count). The van der Waals surface area contributed by atoms with Crippen molar-refractivity contribution in [1.29, 1.82) is 0 Å². The summed E-state index contributed by atoms with van der Waals surface area (Å²) >= 11 is 0. The Kier molecular flexibility index (Phi) is 5.64. The predicted molar refractivity (Wildman–Crippen MR) is 76.5 cm³/mol. The van der Waals surface area contributed by atoms with Gasteiger partial charge in [-0.25, -0.2) is 0 Å². The fourth-order valence-corrected chi connectivity index (χ4v) is 2.39. The van der Waals surface area contributed by atoms with E-state index in [2.05, 4.69) is 25.7 Å². The fraction of sp³-hybridized carbons (Fsp3) is 0.933. The third-order valence-corrected chi connectivity index (χ3v) is 3.58. The lowest BCUT2D eigenvalue weighted by molar-refractivity contribution is -0.136. The van der Waals surface area contributed by atoms with Gasteiger partial charge in [-0.05, 0) is 24.8 Å². The SMILES string of the molecule is CC(C)C(=O)N1CCN(CCCC(C)(C)C)CC1. The van der Waals surface area contributed by atoms with Crippen LogP contribution in [0.5, 0.6) is 0 Å². The summed E-state index contributed by atoms with van der Waals surface area (Å²) in [4.78, 5) is 16.4. The number of hydrogen-bond acceptors (Lipinski definition) is 2. The lowest BCUT2D eigenvalue weighted by atomic mass is 9.90. The van der Waals surface area contributed by atoms with Crippen molar-refractivity contribution in [1.82, 2.24) is 9.80 Å². The normalized spacial score (nSPS) is 18.4. The van der Waals surface area contributed by atoms with Crippen molar-refractivity contribution in [3.63, 3.8) is 0 Å². The summed E-state index contributed by atoms with van der Waals surface area (Å²) in [6, 6.07) is 0. The lowest BCUT2D eigenvalue weighted by Crippen LogP contribution is -2.49. The van der Waals surface area contributed by atoms with Crippen LogP contribution in [0.1, 0.15) is 47.5 Å². The second kappa shape index (κ2) is 6.55. The molecule has 1 fully saturated rings. The first-order chi connectivity index (χ1) is 8.29. The molecule has 0 aromatic heterocycles. The van der Waals surface area contributed by atoms with Crippen molar-refractivity contribution < 1.29 is 4.79 Å². The molecule has 0 unspecified atom stereocenters. The van der Waals surface area contributed by atoms with Gasteiger partial charge < -0.3 is 4.90 Å². The molecule has 0 saturated carbocycles. The maximum atomic E-state index is 11.9. The molecule has 0 radical (unpaired) electrons. The van der Waals surface area contributed by atoms with Crippen molar-refractivity contribution in [3.8, 4) is 0 Å². The summed E-state index contributed by atoms with van der Waals surface area (Å²) in [7, 11) is 0. The van der Waals surface area contributed by atoms with Crippen LogP contribution in [0, 0.1) is 11.3 Å². The zero-order chi connectivity index (χ0) is 13.8. The number of carbonyl (C=O) groups excluding carboxylic acids is 1. The highest BCUT2D eigenvalue weighted by Crippen LogP contribution is 2.20. The van der Waals surface area contributed by atoms with Gasteiger partial charge in [0, 0.05) is 32.1 Å². The minimum atomic E-state index is 0.137. The molecule has 0 bridgehead atoms. The van der Waals surface area contributed by atoms with Crippen molar-refractivity contribution in [2.75, 3.05) is 32.7 Å². The van der Waals surface area contributed by atoms with E-state index in [1.165, 1.54) is 19.4 Å². The number of amides is 1. The Morgan fingerprint density at radius 1 is 1.11 bits per heavy atom. The van der Waals surface area contributed by atoms with Gasteiger partial charge in [0.2, 0.25) is 5.91 Å². The van der Waals surface area contributed by atoms with Crippen LogP contribution in [0.3, 0.4) is 0 Å². The van der Waals surface area contributed by atoms with Crippen molar-refractivity contribution in [3.05, 3.63) is 0 Å². The quantitative estimate of drug-likeness (QED) is 0.770. The van der Waals surface area contributed by atoms with Crippen molar-refractivity contribution in [2.45, 2.75) is 47.5 Å². The molecule has 0 aromatic carbocycles. The molecule has 3 heteroatoms. The van der Waals surface area contributed by atoms with Crippen LogP contribution in [-0.4, -0.2) is 48.4 Å². The summed E-state index contributed by atoms with van der Waals surface area (Å²) in [5, 5.41) is 0. The minimum absolute atomic E-state index is 0.137. The number of hydrogen-bond donors (Lipinski definition) is 0. The zero-order valence-corrected chi connectivity index (χ0v) is 12.8. The van der Waals surface area contributed by atoms with E-state index in [-0.39, 0.29) is 5.92 Å². The van der Waals surface area contributed by atoms with Crippen LogP contribution < -0.4 is 0 Å². The van der Waals surface area contributed by atoms with Crippen molar-refractivity contribution >= 4 is 5.91 Å². The molecule has 3 nitrogen and oxygen atoms in total. The minimum Gasteiger partial charge on any atom is -0.340 e. The van der Waals surface area contributed by atoms with Gasteiger partial charge in [0.05, 0.1) is 0 Å². The molecular weight excluding hydrogens is 224 g/mol. The molecule has 1 aliphatic rings. The molecule has 1 aliphatic heterocycles. The van der Waals surface area contributed by atoms with Crippen LogP contribution in [0.25, 0.3) is 0 Å². The van der Waals surface area contributed by atoms with E-state index >= 15 is 0 Å². The van der Waals surface area contributed by atoms with E-state index in [1.807, 2.05) is 18.7 Å². The average molecular weight is 254 g/mol. The molecular formula is C15H30N2O. The first-order valence-corrected chi connectivity index (χ1v) is 7.31. The van der Waals surface area contributed by atoms with Crippen LogP contribution >= 0.6 is 0 Å². The van der Waals surface area contributed by atoms with E-state index in [0.29, 0.717) is 11.3 Å². The summed E-state index contributed by atoms with van der Waals surface area (Å²) in [5.74, 6) is 0.446. The molecule has 0 N–H and O–H groups in total. The summed E-state index contributed by atoms with van der Waals surface area (Å²) in [5.41, 5.74) is 0.440. The molecule has 0 spiro atoms. The highest BCUT2D eigenvalue weighted by atomic mass is 16.2. The van der Waals surface area contributed by atoms with Gasteiger partial charge >= 0.3 is 0 Å². The summed E-state index contributed by atoms with van der Waals surface area (Å²) in [6.07, 6.45) is 2.54.